The number of anilines is 1. The van der Waals surface area contributed by atoms with Crippen molar-refractivity contribution in [1.82, 2.24) is 5.43 Å². The number of hydrogen-bond acceptors (Lipinski definition) is 6. The van der Waals surface area contributed by atoms with E-state index in [1.165, 1.54) is 6.08 Å². The van der Waals surface area contributed by atoms with Gasteiger partial charge in [-0.3, -0.25) is 9.59 Å². The average Bonchev–Trinajstić information content (AvgIpc) is 3.26. The van der Waals surface area contributed by atoms with E-state index in [4.69, 9.17) is 22.4 Å². The molecule has 2 aliphatic rings. The number of aromatic carboxylic acids is 1. The zero-order chi connectivity index (χ0) is 29.7. The second kappa shape index (κ2) is 12.8. The maximum Gasteiger partial charge on any atom is 0.335 e. The monoisotopic (exact) mass is 600 g/mol. The molecule has 42 heavy (non-hydrogen) atoms. The van der Waals surface area contributed by atoms with E-state index < -0.39 is 22.8 Å². The quantitative estimate of drug-likeness (QED) is 0.178. The molecule has 1 aliphatic heterocycles. The van der Waals surface area contributed by atoms with Gasteiger partial charge in [0.1, 0.15) is 0 Å². The molecule has 5 rings (SSSR count). The summed E-state index contributed by atoms with van der Waals surface area (Å²) in [6.07, 6.45) is 7.89. The predicted octanol–water partition coefficient (Wildman–Crippen LogP) is 4.56. The van der Waals surface area contributed by atoms with Gasteiger partial charge in [-0.2, -0.15) is 5.10 Å². The molecule has 2 atom stereocenters. The molecule has 0 spiro atoms. The largest absolute Gasteiger partial charge is 0.478 e. The number of carbonyl (C=O) groups excluding carboxylic acids is 2. The topological polar surface area (TPSA) is 125 Å². The third kappa shape index (κ3) is 6.33. The van der Waals surface area contributed by atoms with Crippen molar-refractivity contribution >= 4 is 52.5 Å². The summed E-state index contributed by atoms with van der Waals surface area (Å²) in [6.45, 7) is 0.444. The number of halogens is 1. The molecule has 8 nitrogen and oxygen atoms in total. The maximum atomic E-state index is 13.6. The van der Waals surface area contributed by atoms with Crippen molar-refractivity contribution < 1.29 is 19.5 Å². The molecule has 10 heteroatoms. The second-order valence-corrected chi connectivity index (χ2v) is 11.7. The van der Waals surface area contributed by atoms with E-state index in [0.717, 1.165) is 33.9 Å². The molecule has 0 bridgehead atoms. The third-order valence-electron chi connectivity index (χ3n) is 7.16. The lowest BCUT2D eigenvalue weighted by Crippen LogP contribution is -2.52. The minimum absolute atomic E-state index is 0.127. The SMILES string of the molecule is NC1C=CC=CC1(Cl)C(=O)NN=C1C(=O)N(CCc2ccccc2)c2ccc(SCCc3ccc(C(=O)O)cc3)cc21. The summed E-state index contributed by atoms with van der Waals surface area (Å²) in [5, 5.41) is 13.4. The van der Waals surface area contributed by atoms with Gasteiger partial charge in [-0.05, 0) is 54.3 Å². The lowest BCUT2D eigenvalue weighted by molar-refractivity contribution is -0.122. The summed E-state index contributed by atoms with van der Waals surface area (Å²) in [5.41, 5.74) is 12.4. The van der Waals surface area contributed by atoms with E-state index >= 15 is 0 Å². The Kier molecular flexibility index (Phi) is 8.91. The van der Waals surface area contributed by atoms with Crippen LogP contribution in [0.15, 0.2) is 107 Å². The third-order valence-corrected chi connectivity index (χ3v) is 8.70. The van der Waals surface area contributed by atoms with Gasteiger partial charge in [-0.1, -0.05) is 66.8 Å². The Bertz CT molecular complexity index is 1590. The number of nitrogens with two attached hydrogens (primary N) is 1. The van der Waals surface area contributed by atoms with Crippen LogP contribution < -0.4 is 16.1 Å². The van der Waals surface area contributed by atoms with Gasteiger partial charge < -0.3 is 15.7 Å². The van der Waals surface area contributed by atoms with Crippen LogP contribution in [0.2, 0.25) is 0 Å². The number of rotatable bonds is 10. The van der Waals surface area contributed by atoms with E-state index in [-0.39, 0.29) is 17.2 Å². The Balaban J connectivity index is 1.35. The minimum atomic E-state index is -1.52. The number of nitrogens with zero attached hydrogens (tertiary/aromatic N) is 2. The molecule has 3 aromatic rings. The number of alkyl halides is 1. The van der Waals surface area contributed by atoms with Crippen molar-refractivity contribution in [3.8, 4) is 0 Å². The van der Waals surface area contributed by atoms with Gasteiger partial charge in [-0.25, -0.2) is 10.2 Å². The Morgan fingerprint density at radius 1 is 1.02 bits per heavy atom. The fourth-order valence-corrected chi connectivity index (χ4v) is 5.88. The van der Waals surface area contributed by atoms with Crippen LogP contribution in [-0.2, 0) is 22.4 Å². The Labute approximate surface area is 252 Å². The van der Waals surface area contributed by atoms with Crippen LogP contribution in [0.25, 0.3) is 0 Å². The number of carboxylic acid groups (broad SMARTS) is 1. The lowest BCUT2D eigenvalue weighted by atomic mass is 9.94. The molecule has 0 aromatic heterocycles. The van der Waals surface area contributed by atoms with Crippen molar-refractivity contribution in [3.63, 3.8) is 0 Å². The van der Waals surface area contributed by atoms with Gasteiger partial charge in [0, 0.05) is 22.8 Å². The van der Waals surface area contributed by atoms with Crippen LogP contribution in [0.1, 0.15) is 27.0 Å². The number of amides is 2. The van der Waals surface area contributed by atoms with Gasteiger partial charge in [0.25, 0.3) is 11.8 Å². The molecule has 214 valence electrons. The zero-order valence-electron chi connectivity index (χ0n) is 22.6. The van der Waals surface area contributed by atoms with Crippen LogP contribution in [0, 0.1) is 0 Å². The van der Waals surface area contributed by atoms with E-state index in [9.17, 15) is 14.4 Å². The molecule has 2 unspecified atom stereocenters. The summed E-state index contributed by atoms with van der Waals surface area (Å²) in [6, 6.07) is 21.8. The highest BCUT2D eigenvalue weighted by atomic mass is 35.5. The predicted molar refractivity (Wildman–Crippen MR) is 166 cm³/mol. The van der Waals surface area contributed by atoms with Crippen molar-refractivity contribution in [2.75, 3.05) is 17.2 Å². The Morgan fingerprint density at radius 3 is 2.48 bits per heavy atom. The number of fused-ring (bicyclic) bond motifs is 1. The van der Waals surface area contributed by atoms with E-state index in [1.54, 1.807) is 47.0 Å². The van der Waals surface area contributed by atoms with Gasteiger partial charge in [0.05, 0.1) is 17.3 Å². The fraction of sp³-hybridized carbons (Fsp3) is 0.188. The molecule has 0 fully saturated rings. The van der Waals surface area contributed by atoms with Crippen LogP contribution in [0.4, 0.5) is 5.69 Å². The van der Waals surface area contributed by atoms with Gasteiger partial charge in [0.15, 0.2) is 10.6 Å². The van der Waals surface area contributed by atoms with Crippen molar-refractivity contribution in [1.29, 1.82) is 0 Å². The summed E-state index contributed by atoms with van der Waals surface area (Å²) < 4.78 is 0. The van der Waals surface area contributed by atoms with Gasteiger partial charge in [-0.15, -0.1) is 23.4 Å². The number of hydrazone groups is 1. The molecule has 0 saturated carbocycles. The number of aryl methyl sites for hydroxylation is 1. The number of nitrogens with one attached hydrogen (secondary N) is 1. The number of allylic oxidation sites excluding steroid dienone is 2. The first-order chi connectivity index (χ1) is 20.3. The first kappa shape index (κ1) is 29.3. The van der Waals surface area contributed by atoms with E-state index in [1.807, 2.05) is 60.7 Å². The number of benzene rings is 3. The number of hydrogen-bond donors (Lipinski definition) is 3. The highest BCUT2D eigenvalue weighted by Crippen LogP contribution is 2.34. The molecule has 4 N–H and O–H groups in total. The highest BCUT2D eigenvalue weighted by Gasteiger charge is 2.41. The fourth-order valence-electron chi connectivity index (χ4n) is 4.75. The Hall–Kier alpha value is -4.18. The minimum Gasteiger partial charge on any atom is -0.478 e. The van der Waals surface area contributed by atoms with Crippen LogP contribution in [0.5, 0.6) is 0 Å². The normalized spacial score (nSPS) is 20.1. The van der Waals surface area contributed by atoms with Crippen LogP contribution in [-0.4, -0.2) is 51.8 Å². The van der Waals surface area contributed by atoms with Gasteiger partial charge in [0.2, 0.25) is 0 Å². The molecular formula is C32H29ClN4O4S. The molecule has 3 aromatic carbocycles. The Morgan fingerprint density at radius 2 is 1.76 bits per heavy atom. The maximum absolute atomic E-state index is 13.6. The molecular weight excluding hydrogens is 572 g/mol. The summed E-state index contributed by atoms with van der Waals surface area (Å²) in [4.78, 5) is 38.8. The number of thioether (sulfide) groups is 1. The molecule has 1 heterocycles. The second-order valence-electron chi connectivity index (χ2n) is 9.91. The zero-order valence-corrected chi connectivity index (χ0v) is 24.1. The molecule has 0 saturated heterocycles. The van der Waals surface area contributed by atoms with Crippen LogP contribution >= 0.6 is 23.4 Å². The standard InChI is InChI=1S/C32H29ClN4O4S/c33-32(17-5-4-8-27(32)34)31(41)36-35-28-25-20-24(42-19-16-22-9-11-23(12-10-22)30(39)40)13-14-26(25)37(29(28)38)18-15-21-6-2-1-3-7-21/h1-14,17,20,27H,15-16,18-19,34H2,(H,36,41)(H,39,40). The average molecular weight is 601 g/mol. The highest BCUT2D eigenvalue weighted by molar-refractivity contribution is 7.99. The summed E-state index contributed by atoms with van der Waals surface area (Å²) >= 11 is 8.14. The molecule has 1 aliphatic carbocycles. The number of carbonyl (C=O) groups is 3. The lowest BCUT2D eigenvalue weighted by Gasteiger charge is -2.27. The molecule has 2 amide bonds. The van der Waals surface area contributed by atoms with E-state index in [2.05, 4.69) is 10.5 Å². The summed E-state index contributed by atoms with van der Waals surface area (Å²) in [7, 11) is 0. The van der Waals surface area contributed by atoms with E-state index in [0.29, 0.717) is 18.5 Å². The smallest absolute Gasteiger partial charge is 0.335 e. The molecule has 0 radical (unpaired) electrons. The first-order valence-corrected chi connectivity index (χ1v) is 14.8. The van der Waals surface area contributed by atoms with Crippen molar-refractivity contribution in [2.24, 2.45) is 10.8 Å². The van der Waals surface area contributed by atoms with Crippen LogP contribution in [0.3, 0.4) is 0 Å². The van der Waals surface area contributed by atoms with Crippen molar-refractivity contribution in [2.45, 2.75) is 28.7 Å². The first-order valence-electron chi connectivity index (χ1n) is 13.4. The summed E-state index contributed by atoms with van der Waals surface area (Å²) in [5.74, 6) is -1.14. The van der Waals surface area contributed by atoms with Crippen molar-refractivity contribution in [3.05, 3.63) is 119 Å². The van der Waals surface area contributed by atoms with Gasteiger partial charge >= 0.3 is 5.97 Å². The number of carboxylic acids is 1.